The van der Waals surface area contributed by atoms with E-state index in [9.17, 15) is 26.3 Å². The molecule has 0 aromatic heterocycles. The van der Waals surface area contributed by atoms with E-state index >= 15 is 0 Å². The molecule has 15 heteroatoms. The normalized spacial score (nSPS) is 13.2. The van der Waals surface area contributed by atoms with Crippen LogP contribution < -0.4 is 0 Å². The minimum absolute atomic E-state index is 0. The molecule has 0 aliphatic heterocycles. The Bertz CT molecular complexity index is 374. The largest absolute Gasteiger partial charge is 0.741 e. The summed E-state index contributed by atoms with van der Waals surface area (Å²) in [5.74, 6) is 0. The van der Waals surface area contributed by atoms with E-state index in [0.29, 0.717) is 0 Å². The third kappa shape index (κ3) is 9.71. The number of hydrogen-bond acceptors (Lipinski definition) is 6. The van der Waals surface area contributed by atoms with Crippen LogP contribution in [0.15, 0.2) is 0 Å². The van der Waals surface area contributed by atoms with Gasteiger partial charge in [0.25, 0.3) is 0 Å². The average Bonchev–Trinajstić information content (AvgIpc) is 1.77. The fraction of sp³-hybridized carbons (Fsp3) is 1.00. The van der Waals surface area contributed by atoms with E-state index in [2.05, 4.69) is 0 Å². The summed E-state index contributed by atoms with van der Waals surface area (Å²) in [7, 11) is -12.2. The van der Waals surface area contributed by atoms with Crippen LogP contribution in [0.3, 0.4) is 0 Å². The van der Waals surface area contributed by atoms with Gasteiger partial charge in [-0.2, -0.15) is 26.3 Å². The molecule has 0 unspecified atom stereocenters. The van der Waals surface area contributed by atoms with Gasteiger partial charge in [0, 0.05) is 19.8 Å². The predicted octanol–water partition coefficient (Wildman–Crippen LogP) is 0.100. The van der Waals surface area contributed by atoms with Gasteiger partial charge in [0.05, 0.1) is 0 Å². The molecule has 0 fully saturated rings. The van der Waals surface area contributed by atoms with Gasteiger partial charge in [-0.3, -0.25) is 0 Å². The molecule has 0 aromatic carbocycles. The third-order valence-corrected chi connectivity index (χ3v) is 1.70. The molecule has 0 bridgehead atoms. The van der Waals surface area contributed by atoms with Crippen LogP contribution in [0.25, 0.3) is 0 Å². The van der Waals surface area contributed by atoms with Crippen LogP contribution in [0.4, 0.5) is 26.3 Å². The zero-order valence-electron chi connectivity index (χ0n) is 6.89. The molecule has 0 amide bonds. The summed E-state index contributed by atoms with van der Waals surface area (Å²) in [5, 5.41) is 0. The van der Waals surface area contributed by atoms with Crippen molar-refractivity contribution in [2.45, 2.75) is 11.0 Å². The molecule has 0 aliphatic rings. The standard InChI is InChI=1S/2CHF3O3S.Os/c2*2-1(3,4)8(5,6)7;/h2*(H,5,6,7);/p-2. The Morgan fingerprint density at radius 2 is 0.706 bits per heavy atom. The van der Waals surface area contributed by atoms with Crippen LogP contribution in [-0.2, 0) is 40.0 Å². The smallest absolute Gasteiger partial charge is 0.485 e. The van der Waals surface area contributed by atoms with Gasteiger partial charge in [-0.25, -0.2) is 16.8 Å². The van der Waals surface area contributed by atoms with Gasteiger partial charge in [-0.05, 0) is 0 Å². The molecule has 0 saturated heterocycles. The topological polar surface area (TPSA) is 114 Å². The summed E-state index contributed by atoms with van der Waals surface area (Å²) in [6, 6.07) is 0. The van der Waals surface area contributed by atoms with Crippen LogP contribution in [0.5, 0.6) is 0 Å². The number of halogens is 6. The number of hydrogen-bond donors (Lipinski definition) is 0. The van der Waals surface area contributed by atoms with Crippen molar-refractivity contribution in [1.29, 1.82) is 0 Å². The summed E-state index contributed by atoms with van der Waals surface area (Å²) < 4.78 is 118. The Hall–Kier alpha value is 0.0364. The molecular weight excluding hydrogens is 488 g/mol. The van der Waals surface area contributed by atoms with Crippen LogP contribution >= 0.6 is 0 Å². The second kappa shape index (κ2) is 6.28. The second-order valence-corrected chi connectivity index (χ2v) is 4.54. The SMILES string of the molecule is O=S(=O)([O-])C(F)(F)F.O=S(=O)([O-])C(F)(F)F.[Os]. The van der Waals surface area contributed by atoms with Crippen molar-refractivity contribution in [3.63, 3.8) is 0 Å². The first kappa shape index (κ1) is 22.2. The summed E-state index contributed by atoms with van der Waals surface area (Å²) >= 11 is 0. The van der Waals surface area contributed by atoms with Crippen LogP contribution in [0.2, 0.25) is 0 Å². The van der Waals surface area contributed by atoms with Gasteiger partial charge in [0.2, 0.25) is 0 Å². The van der Waals surface area contributed by atoms with Gasteiger partial charge in [-0.1, -0.05) is 0 Å². The summed E-state index contributed by atoms with van der Waals surface area (Å²) in [4.78, 5) is 0. The maximum Gasteiger partial charge on any atom is 0.485 e. The molecule has 6 nitrogen and oxygen atoms in total. The first-order valence-electron chi connectivity index (χ1n) is 2.54. The van der Waals surface area contributed by atoms with Crippen LogP contribution in [-0.4, -0.2) is 37.0 Å². The molecule has 0 aliphatic carbocycles. The van der Waals surface area contributed by atoms with E-state index < -0.39 is 31.3 Å². The molecule has 0 N–H and O–H groups in total. The van der Waals surface area contributed by atoms with E-state index in [1.807, 2.05) is 0 Å². The van der Waals surface area contributed by atoms with Crippen molar-refractivity contribution >= 4 is 20.2 Å². The van der Waals surface area contributed by atoms with Crippen molar-refractivity contribution in [3.05, 3.63) is 0 Å². The van der Waals surface area contributed by atoms with E-state index in [1.165, 1.54) is 0 Å². The molecule has 0 saturated carbocycles. The monoisotopic (exact) mass is 490 g/mol. The molecule has 0 heterocycles. The summed E-state index contributed by atoms with van der Waals surface area (Å²) in [6.45, 7) is 0. The van der Waals surface area contributed by atoms with Gasteiger partial charge in [-0.15, -0.1) is 0 Å². The van der Waals surface area contributed by atoms with Gasteiger partial charge in [0.1, 0.15) is 0 Å². The van der Waals surface area contributed by atoms with E-state index in [-0.39, 0.29) is 19.8 Å². The minimum Gasteiger partial charge on any atom is -0.741 e. The molecule has 0 radical (unpaired) electrons. The fourth-order valence-corrected chi connectivity index (χ4v) is 0. The zero-order chi connectivity index (χ0) is 14.0. The van der Waals surface area contributed by atoms with E-state index in [0.717, 1.165) is 0 Å². The van der Waals surface area contributed by atoms with Crippen molar-refractivity contribution in [2.24, 2.45) is 0 Å². The van der Waals surface area contributed by atoms with Crippen LogP contribution in [0, 0.1) is 0 Å². The summed E-state index contributed by atoms with van der Waals surface area (Å²) in [5.41, 5.74) is -11.3. The summed E-state index contributed by atoms with van der Waals surface area (Å²) in [6.07, 6.45) is 0. The van der Waals surface area contributed by atoms with E-state index in [4.69, 9.17) is 25.9 Å². The van der Waals surface area contributed by atoms with Gasteiger partial charge >= 0.3 is 11.0 Å². The molecule has 0 spiro atoms. The Morgan fingerprint density at radius 1 is 0.647 bits per heavy atom. The Morgan fingerprint density at radius 3 is 0.706 bits per heavy atom. The number of alkyl halides is 6. The maximum absolute atomic E-state index is 10.7. The maximum atomic E-state index is 10.7. The van der Waals surface area contributed by atoms with Crippen molar-refractivity contribution < 1.29 is 72.1 Å². The molecule has 0 aromatic rings. The zero-order valence-corrected chi connectivity index (χ0v) is 11.1. The van der Waals surface area contributed by atoms with Crippen molar-refractivity contribution in [1.82, 2.24) is 0 Å². The molecule has 0 atom stereocenters. The number of rotatable bonds is 0. The first-order chi connectivity index (χ1) is 6.50. The predicted molar refractivity (Wildman–Crippen MR) is 31.5 cm³/mol. The van der Waals surface area contributed by atoms with Crippen molar-refractivity contribution in [3.8, 4) is 0 Å². The van der Waals surface area contributed by atoms with Gasteiger partial charge < -0.3 is 9.11 Å². The van der Waals surface area contributed by atoms with E-state index in [1.54, 1.807) is 0 Å². The van der Waals surface area contributed by atoms with Gasteiger partial charge in [0.15, 0.2) is 20.2 Å². The fourth-order valence-electron chi connectivity index (χ4n) is 0. The van der Waals surface area contributed by atoms with Crippen LogP contribution in [0.1, 0.15) is 0 Å². The molecular formula is C2F6O6OsS2-2. The first-order valence-corrected chi connectivity index (χ1v) is 5.36. The molecule has 0 rings (SSSR count). The average molecular weight is 488 g/mol. The molecule has 108 valence electrons. The Balaban J connectivity index is -0.000000218. The Kier molecular flexibility index (Phi) is 8.21. The molecule has 17 heavy (non-hydrogen) atoms. The minimum atomic E-state index is -6.09. The second-order valence-electron chi connectivity index (χ2n) is 1.80. The quantitative estimate of drug-likeness (QED) is 0.272. The third-order valence-electron chi connectivity index (χ3n) is 0.567. The van der Waals surface area contributed by atoms with Crippen molar-refractivity contribution in [2.75, 3.05) is 0 Å². The Labute approximate surface area is 104 Å².